The predicted molar refractivity (Wildman–Crippen MR) is 57.4 cm³/mol. The minimum absolute atomic E-state index is 0.193. The van der Waals surface area contributed by atoms with Crippen LogP contribution in [-0.4, -0.2) is 16.8 Å². The summed E-state index contributed by atoms with van der Waals surface area (Å²) < 4.78 is 0. The van der Waals surface area contributed by atoms with Crippen molar-refractivity contribution >= 4 is 0 Å². The van der Waals surface area contributed by atoms with Gasteiger partial charge in [0.1, 0.15) is 5.75 Å². The van der Waals surface area contributed by atoms with E-state index in [2.05, 4.69) is 13.8 Å². The topological polar surface area (TPSA) is 40.5 Å². The Bertz CT molecular complexity index is 281. The van der Waals surface area contributed by atoms with Crippen LogP contribution in [0.2, 0.25) is 0 Å². The van der Waals surface area contributed by atoms with Crippen LogP contribution in [-0.2, 0) is 0 Å². The quantitative estimate of drug-likeness (QED) is 0.773. The largest absolute Gasteiger partial charge is 0.508 e. The summed E-state index contributed by atoms with van der Waals surface area (Å²) in [6.45, 7) is 4.45. The molecule has 1 aromatic carbocycles. The molecule has 2 nitrogen and oxygen atoms in total. The van der Waals surface area contributed by atoms with Gasteiger partial charge in [-0.05, 0) is 36.0 Å². The Kier molecular flexibility index (Phi) is 3.96. The summed E-state index contributed by atoms with van der Waals surface area (Å²) in [5.41, 5.74) is 1.11. The highest BCUT2D eigenvalue weighted by Gasteiger charge is 2.15. The van der Waals surface area contributed by atoms with Crippen molar-refractivity contribution < 1.29 is 10.2 Å². The first kappa shape index (κ1) is 11.1. The van der Waals surface area contributed by atoms with E-state index in [4.69, 9.17) is 5.11 Å². The van der Waals surface area contributed by atoms with Gasteiger partial charge in [0.25, 0.3) is 0 Å². The van der Waals surface area contributed by atoms with Crippen LogP contribution in [0.3, 0.4) is 0 Å². The Balaban J connectivity index is 2.87. The number of aliphatic hydroxyl groups is 1. The zero-order chi connectivity index (χ0) is 10.6. The average Bonchev–Trinajstić information content (AvgIpc) is 2.13. The molecule has 2 N–H and O–H groups in total. The SMILES string of the molecule is CC(C)C(CCO)c1cccc(O)c1. The van der Waals surface area contributed by atoms with E-state index in [-0.39, 0.29) is 6.61 Å². The maximum absolute atomic E-state index is 9.35. The lowest BCUT2D eigenvalue weighted by atomic mass is 9.86. The average molecular weight is 194 g/mol. The number of phenols is 1. The van der Waals surface area contributed by atoms with E-state index in [1.807, 2.05) is 12.1 Å². The van der Waals surface area contributed by atoms with Crippen LogP contribution in [0.15, 0.2) is 24.3 Å². The number of rotatable bonds is 4. The Morgan fingerprint density at radius 3 is 2.50 bits per heavy atom. The van der Waals surface area contributed by atoms with Crippen molar-refractivity contribution in [3.05, 3.63) is 29.8 Å². The van der Waals surface area contributed by atoms with Crippen molar-refractivity contribution in [1.29, 1.82) is 0 Å². The Hall–Kier alpha value is -1.02. The second kappa shape index (κ2) is 5.01. The zero-order valence-electron chi connectivity index (χ0n) is 8.77. The van der Waals surface area contributed by atoms with Crippen LogP contribution >= 0.6 is 0 Å². The molecule has 0 aromatic heterocycles. The van der Waals surface area contributed by atoms with Gasteiger partial charge in [0.15, 0.2) is 0 Å². The van der Waals surface area contributed by atoms with Gasteiger partial charge >= 0.3 is 0 Å². The molecular weight excluding hydrogens is 176 g/mol. The van der Waals surface area contributed by atoms with Gasteiger partial charge in [0.05, 0.1) is 0 Å². The molecule has 0 saturated heterocycles. The van der Waals surface area contributed by atoms with Crippen molar-refractivity contribution in [1.82, 2.24) is 0 Å². The summed E-state index contributed by atoms with van der Waals surface area (Å²) in [5.74, 6) is 1.10. The summed E-state index contributed by atoms with van der Waals surface area (Å²) in [7, 11) is 0. The van der Waals surface area contributed by atoms with Gasteiger partial charge in [-0.1, -0.05) is 26.0 Å². The molecule has 1 aromatic rings. The van der Waals surface area contributed by atoms with Gasteiger partial charge in [-0.25, -0.2) is 0 Å². The molecule has 0 aliphatic carbocycles. The maximum atomic E-state index is 9.35. The van der Waals surface area contributed by atoms with Crippen LogP contribution in [0.5, 0.6) is 5.75 Å². The number of benzene rings is 1. The van der Waals surface area contributed by atoms with E-state index < -0.39 is 0 Å². The van der Waals surface area contributed by atoms with E-state index in [9.17, 15) is 5.11 Å². The fraction of sp³-hybridized carbons (Fsp3) is 0.500. The maximum Gasteiger partial charge on any atom is 0.115 e. The number of aromatic hydroxyl groups is 1. The van der Waals surface area contributed by atoms with Gasteiger partial charge in [0.2, 0.25) is 0 Å². The molecule has 0 aliphatic rings. The summed E-state index contributed by atoms with van der Waals surface area (Å²) in [5, 5.41) is 18.3. The minimum Gasteiger partial charge on any atom is -0.508 e. The number of hydrogen-bond donors (Lipinski definition) is 2. The highest BCUT2D eigenvalue weighted by atomic mass is 16.3. The molecule has 14 heavy (non-hydrogen) atoms. The van der Waals surface area contributed by atoms with E-state index in [1.165, 1.54) is 0 Å². The summed E-state index contributed by atoms with van der Waals surface area (Å²) in [4.78, 5) is 0. The molecule has 78 valence electrons. The molecule has 1 unspecified atom stereocenters. The molecular formula is C12H18O2. The monoisotopic (exact) mass is 194 g/mol. The first-order valence-corrected chi connectivity index (χ1v) is 5.05. The third-order valence-electron chi connectivity index (χ3n) is 2.54. The van der Waals surface area contributed by atoms with Crippen molar-refractivity contribution in [2.24, 2.45) is 5.92 Å². The third kappa shape index (κ3) is 2.74. The summed E-state index contributed by atoms with van der Waals surface area (Å²) >= 11 is 0. The van der Waals surface area contributed by atoms with Crippen molar-refractivity contribution in [2.45, 2.75) is 26.2 Å². The lowest BCUT2D eigenvalue weighted by Crippen LogP contribution is -2.08. The van der Waals surface area contributed by atoms with Gasteiger partial charge in [-0.2, -0.15) is 0 Å². The van der Waals surface area contributed by atoms with Crippen LogP contribution in [0.1, 0.15) is 31.7 Å². The van der Waals surface area contributed by atoms with E-state index in [1.54, 1.807) is 12.1 Å². The first-order valence-electron chi connectivity index (χ1n) is 5.05. The molecule has 1 atom stereocenters. The second-order valence-corrected chi connectivity index (χ2v) is 3.96. The molecule has 1 rings (SSSR count). The van der Waals surface area contributed by atoms with Gasteiger partial charge < -0.3 is 10.2 Å². The summed E-state index contributed by atoms with van der Waals surface area (Å²) in [6.07, 6.45) is 0.751. The van der Waals surface area contributed by atoms with E-state index in [0.29, 0.717) is 17.6 Å². The highest BCUT2D eigenvalue weighted by molar-refractivity contribution is 5.29. The van der Waals surface area contributed by atoms with Crippen LogP contribution < -0.4 is 0 Å². The molecule has 0 heterocycles. The normalized spacial score (nSPS) is 13.1. The molecule has 0 spiro atoms. The Labute approximate surface area is 85.2 Å². The highest BCUT2D eigenvalue weighted by Crippen LogP contribution is 2.29. The molecule has 0 radical (unpaired) electrons. The second-order valence-electron chi connectivity index (χ2n) is 3.96. The molecule has 0 amide bonds. The first-order chi connectivity index (χ1) is 6.65. The molecule has 0 fully saturated rings. The van der Waals surface area contributed by atoms with Gasteiger partial charge in [0, 0.05) is 6.61 Å². The smallest absolute Gasteiger partial charge is 0.115 e. The van der Waals surface area contributed by atoms with Crippen LogP contribution in [0.4, 0.5) is 0 Å². The van der Waals surface area contributed by atoms with Crippen LogP contribution in [0.25, 0.3) is 0 Å². The standard InChI is InChI=1S/C12H18O2/c1-9(2)12(6-7-13)10-4-3-5-11(14)8-10/h3-5,8-9,12-14H,6-7H2,1-2H3. The lowest BCUT2D eigenvalue weighted by Gasteiger charge is -2.20. The van der Waals surface area contributed by atoms with Crippen molar-refractivity contribution in [3.63, 3.8) is 0 Å². The zero-order valence-corrected chi connectivity index (χ0v) is 8.77. The Morgan fingerprint density at radius 1 is 1.29 bits per heavy atom. The van der Waals surface area contributed by atoms with Crippen molar-refractivity contribution in [2.75, 3.05) is 6.61 Å². The summed E-state index contributed by atoms with van der Waals surface area (Å²) in [6, 6.07) is 7.29. The van der Waals surface area contributed by atoms with Gasteiger partial charge in [-0.3, -0.25) is 0 Å². The van der Waals surface area contributed by atoms with E-state index in [0.717, 1.165) is 12.0 Å². The van der Waals surface area contributed by atoms with Crippen LogP contribution in [0, 0.1) is 5.92 Å². The third-order valence-corrected chi connectivity index (χ3v) is 2.54. The number of hydrogen-bond acceptors (Lipinski definition) is 2. The van der Waals surface area contributed by atoms with Crippen molar-refractivity contribution in [3.8, 4) is 5.75 Å². The lowest BCUT2D eigenvalue weighted by molar-refractivity contribution is 0.261. The fourth-order valence-corrected chi connectivity index (χ4v) is 1.78. The molecule has 0 aliphatic heterocycles. The number of aliphatic hydroxyl groups excluding tert-OH is 1. The Morgan fingerprint density at radius 2 is 2.00 bits per heavy atom. The molecule has 2 heteroatoms. The molecule has 0 bridgehead atoms. The number of phenolic OH excluding ortho intramolecular Hbond substituents is 1. The van der Waals surface area contributed by atoms with E-state index >= 15 is 0 Å². The predicted octanol–water partition coefficient (Wildman–Crippen LogP) is 2.51. The van der Waals surface area contributed by atoms with Gasteiger partial charge in [-0.15, -0.1) is 0 Å². The minimum atomic E-state index is 0.193. The molecule has 0 saturated carbocycles. The fourth-order valence-electron chi connectivity index (χ4n) is 1.78.